The number of carbonyl (C=O) groups excluding carboxylic acids is 3. The van der Waals surface area contributed by atoms with Gasteiger partial charge in [0.15, 0.2) is 0 Å². The van der Waals surface area contributed by atoms with E-state index >= 15 is 0 Å². The molecule has 0 spiro atoms. The van der Waals surface area contributed by atoms with Gasteiger partial charge in [0.25, 0.3) is 5.91 Å². The largest absolute Gasteiger partial charge is 0.508 e. The number of carbonyl (C=O) groups is 3. The van der Waals surface area contributed by atoms with E-state index in [0.29, 0.717) is 11.3 Å². The number of nitrogens with one attached hydrogen (secondary N) is 2. The van der Waals surface area contributed by atoms with Crippen LogP contribution < -0.4 is 10.6 Å². The summed E-state index contributed by atoms with van der Waals surface area (Å²) >= 11 is 4.30. The molecule has 0 heterocycles. The standard InChI is InChI=1S/C29H33N3O5S/c1-29(2,3)37-28(36)31-24(17-38)27(35)32(22-13-14-22)25(20-9-6-10-23(33)16-20)26(34)30-21-12-11-18-7-4-5-8-19(18)15-21/h4-12,15-16,22,24-25,33,38H,13-14,17H2,1-3H3,(H,30,34)(H,31,36). The highest BCUT2D eigenvalue weighted by Gasteiger charge is 2.44. The van der Waals surface area contributed by atoms with Crippen molar-refractivity contribution in [2.45, 2.75) is 57.3 Å². The van der Waals surface area contributed by atoms with Crippen LogP contribution in [0.5, 0.6) is 5.75 Å². The molecule has 0 radical (unpaired) electrons. The third-order valence-corrected chi connectivity index (χ3v) is 6.46. The van der Waals surface area contributed by atoms with Crippen LogP contribution in [0.25, 0.3) is 10.8 Å². The first kappa shape index (κ1) is 27.3. The van der Waals surface area contributed by atoms with Crippen LogP contribution in [0.2, 0.25) is 0 Å². The molecule has 200 valence electrons. The van der Waals surface area contributed by atoms with Crippen molar-refractivity contribution in [3.8, 4) is 5.75 Å². The van der Waals surface area contributed by atoms with Crippen molar-refractivity contribution in [1.82, 2.24) is 10.2 Å². The molecule has 1 aliphatic carbocycles. The number of hydrogen-bond acceptors (Lipinski definition) is 6. The lowest BCUT2D eigenvalue weighted by molar-refractivity contribution is -0.141. The van der Waals surface area contributed by atoms with Gasteiger partial charge >= 0.3 is 6.09 Å². The number of rotatable bonds is 8. The maximum absolute atomic E-state index is 13.9. The number of alkyl carbamates (subject to hydrolysis) is 1. The minimum Gasteiger partial charge on any atom is -0.508 e. The van der Waals surface area contributed by atoms with Crippen molar-refractivity contribution in [2.24, 2.45) is 0 Å². The summed E-state index contributed by atoms with van der Waals surface area (Å²) in [4.78, 5) is 41.7. The monoisotopic (exact) mass is 535 g/mol. The fraction of sp³-hybridized carbons (Fsp3) is 0.345. The second kappa shape index (κ2) is 11.3. The summed E-state index contributed by atoms with van der Waals surface area (Å²) in [5.74, 6) is -0.885. The summed E-state index contributed by atoms with van der Waals surface area (Å²) in [6.45, 7) is 5.20. The summed E-state index contributed by atoms with van der Waals surface area (Å²) < 4.78 is 5.33. The molecular weight excluding hydrogens is 502 g/mol. The Morgan fingerprint density at radius 3 is 2.37 bits per heavy atom. The second-order valence-corrected chi connectivity index (χ2v) is 10.8. The van der Waals surface area contributed by atoms with Crippen molar-refractivity contribution in [3.05, 3.63) is 72.3 Å². The van der Waals surface area contributed by atoms with E-state index < -0.39 is 35.6 Å². The predicted molar refractivity (Wildman–Crippen MR) is 150 cm³/mol. The lowest BCUT2D eigenvalue weighted by atomic mass is 10.0. The van der Waals surface area contributed by atoms with E-state index in [1.807, 2.05) is 42.5 Å². The molecule has 2 atom stereocenters. The van der Waals surface area contributed by atoms with Gasteiger partial charge in [-0.25, -0.2) is 4.79 Å². The Labute approximate surface area is 227 Å². The molecule has 3 aromatic rings. The Kier molecular flexibility index (Phi) is 8.16. The third-order valence-electron chi connectivity index (χ3n) is 6.10. The van der Waals surface area contributed by atoms with Gasteiger partial charge in [0.1, 0.15) is 23.4 Å². The first-order valence-corrected chi connectivity index (χ1v) is 13.2. The first-order valence-electron chi connectivity index (χ1n) is 12.6. The summed E-state index contributed by atoms with van der Waals surface area (Å²) in [6, 6.07) is 17.5. The lowest BCUT2D eigenvalue weighted by Gasteiger charge is -2.34. The van der Waals surface area contributed by atoms with E-state index in [-0.39, 0.29) is 17.5 Å². The molecule has 1 aliphatic rings. The van der Waals surface area contributed by atoms with Crippen LogP contribution in [0.15, 0.2) is 66.7 Å². The summed E-state index contributed by atoms with van der Waals surface area (Å²) in [7, 11) is 0. The molecule has 0 aromatic heterocycles. The molecule has 0 saturated heterocycles. The van der Waals surface area contributed by atoms with E-state index in [1.165, 1.54) is 17.0 Å². The maximum Gasteiger partial charge on any atom is 0.408 e. The SMILES string of the molecule is CC(C)(C)OC(=O)NC(CS)C(=O)N(C1CC1)C(C(=O)Nc1ccc2ccccc2c1)c1cccc(O)c1. The second-order valence-electron chi connectivity index (χ2n) is 10.4. The zero-order valence-electron chi connectivity index (χ0n) is 21.7. The molecule has 3 N–H and O–H groups in total. The minimum atomic E-state index is -1.05. The number of ether oxygens (including phenoxy) is 1. The number of aromatic hydroxyl groups is 1. The number of fused-ring (bicyclic) bond motifs is 1. The topological polar surface area (TPSA) is 108 Å². The maximum atomic E-state index is 13.9. The highest BCUT2D eigenvalue weighted by molar-refractivity contribution is 7.80. The molecule has 38 heavy (non-hydrogen) atoms. The van der Waals surface area contributed by atoms with E-state index in [0.717, 1.165) is 23.6 Å². The van der Waals surface area contributed by atoms with Crippen molar-refractivity contribution in [3.63, 3.8) is 0 Å². The molecule has 0 aliphatic heterocycles. The molecule has 2 unspecified atom stereocenters. The van der Waals surface area contributed by atoms with Crippen molar-refractivity contribution >= 4 is 47.0 Å². The molecule has 3 aromatic carbocycles. The van der Waals surface area contributed by atoms with Crippen LogP contribution in [0.3, 0.4) is 0 Å². The summed E-state index contributed by atoms with van der Waals surface area (Å²) in [6.07, 6.45) is 0.696. The highest BCUT2D eigenvalue weighted by atomic mass is 32.1. The average Bonchev–Trinajstić information content (AvgIpc) is 3.69. The molecule has 1 fully saturated rings. The molecule has 3 amide bonds. The Morgan fingerprint density at radius 2 is 1.74 bits per heavy atom. The van der Waals surface area contributed by atoms with E-state index in [2.05, 4.69) is 23.3 Å². The predicted octanol–water partition coefficient (Wildman–Crippen LogP) is 5.04. The molecule has 0 bridgehead atoms. The Bertz CT molecular complexity index is 1340. The van der Waals surface area contributed by atoms with Crippen molar-refractivity contribution < 1.29 is 24.2 Å². The zero-order valence-corrected chi connectivity index (χ0v) is 22.6. The lowest BCUT2D eigenvalue weighted by Crippen LogP contribution is -2.54. The number of amides is 3. The number of phenolic OH excluding ortho intramolecular Hbond substituents is 1. The van der Waals surface area contributed by atoms with Crippen LogP contribution >= 0.6 is 12.6 Å². The van der Waals surface area contributed by atoms with Crippen LogP contribution in [0, 0.1) is 0 Å². The third kappa shape index (κ3) is 6.77. The van der Waals surface area contributed by atoms with Crippen molar-refractivity contribution in [2.75, 3.05) is 11.1 Å². The zero-order chi connectivity index (χ0) is 27.4. The molecular formula is C29H33N3O5S. The normalized spacial score (nSPS) is 14.8. The molecule has 9 heteroatoms. The van der Waals surface area contributed by atoms with Gasteiger partial charge in [0.05, 0.1) is 0 Å². The summed E-state index contributed by atoms with van der Waals surface area (Å²) in [5, 5.41) is 17.7. The molecule has 4 rings (SSSR count). The van der Waals surface area contributed by atoms with Gasteiger partial charge in [-0.3, -0.25) is 9.59 Å². The number of hydrogen-bond donors (Lipinski definition) is 4. The van der Waals surface area contributed by atoms with Gasteiger partial charge in [-0.05, 0) is 74.2 Å². The van der Waals surface area contributed by atoms with Crippen LogP contribution in [-0.4, -0.2) is 51.4 Å². The van der Waals surface area contributed by atoms with Gasteiger partial charge in [-0.2, -0.15) is 12.6 Å². The quantitative estimate of drug-likeness (QED) is 0.302. The minimum absolute atomic E-state index is 0.0142. The fourth-order valence-electron chi connectivity index (χ4n) is 4.30. The number of nitrogens with zero attached hydrogens (tertiary/aromatic N) is 1. The molecule has 1 saturated carbocycles. The van der Waals surface area contributed by atoms with Gasteiger partial charge in [0, 0.05) is 17.5 Å². The average molecular weight is 536 g/mol. The van der Waals surface area contributed by atoms with Crippen LogP contribution in [0.4, 0.5) is 10.5 Å². The molecule has 8 nitrogen and oxygen atoms in total. The highest BCUT2D eigenvalue weighted by Crippen LogP contribution is 2.37. The number of benzene rings is 3. The van der Waals surface area contributed by atoms with Gasteiger partial charge in [0.2, 0.25) is 5.91 Å². The van der Waals surface area contributed by atoms with Gasteiger partial charge in [-0.15, -0.1) is 0 Å². The van der Waals surface area contributed by atoms with Crippen LogP contribution in [-0.2, 0) is 14.3 Å². The van der Waals surface area contributed by atoms with Crippen LogP contribution in [0.1, 0.15) is 45.2 Å². The van der Waals surface area contributed by atoms with Crippen molar-refractivity contribution in [1.29, 1.82) is 0 Å². The van der Waals surface area contributed by atoms with E-state index in [4.69, 9.17) is 4.74 Å². The van der Waals surface area contributed by atoms with E-state index in [9.17, 15) is 19.5 Å². The Morgan fingerprint density at radius 1 is 1.03 bits per heavy atom. The first-order chi connectivity index (χ1) is 18.1. The number of thiol groups is 1. The van der Waals surface area contributed by atoms with Gasteiger partial charge in [-0.1, -0.05) is 42.5 Å². The van der Waals surface area contributed by atoms with E-state index in [1.54, 1.807) is 32.9 Å². The van der Waals surface area contributed by atoms with Gasteiger partial charge < -0.3 is 25.4 Å². The number of phenols is 1. The Hall–Kier alpha value is -3.72. The summed E-state index contributed by atoms with van der Waals surface area (Å²) in [5.41, 5.74) is 0.298. The Balaban J connectivity index is 1.66. The fourth-order valence-corrected chi connectivity index (χ4v) is 4.54. The smallest absolute Gasteiger partial charge is 0.408 e. The number of anilines is 1.